The van der Waals surface area contributed by atoms with E-state index in [0.29, 0.717) is 5.92 Å². The Morgan fingerprint density at radius 2 is 2.19 bits per heavy atom. The van der Waals surface area contributed by atoms with Crippen molar-refractivity contribution in [3.05, 3.63) is 28.8 Å². The van der Waals surface area contributed by atoms with Crippen molar-refractivity contribution in [3.63, 3.8) is 0 Å². The molecule has 1 aromatic rings. The molecule has 21 heavy (non-hydrogen) atoms. The number of benzene rings is 1. The number of nitrogens with zero attached hydrogens (tertiary/aromatic N) is 1. The molecule has 0 aliphatic carbocycles. The Balaban J connectivity index is 2.07. The molecule has 2 nitrogen and oxygen atoms in total. The Labute approximate surface area is 134 Å². The highest BCUT2D eigenvalue weighted by molar-refractivity contribution is 6.31. The van der Waals surface area contributed by atoms with Crippen LogP contribution in [-0.4, -0.2) is 19.6 Å². The number of hydrogen-bond acceptors (Lipinski definition) is 2. The number of anilines is 1. The second-order valence-corrected chi connectivity index (χ2v) is 7.06. The molecule has 1 saturated heterocycles. The summed E-state index contributed by atoms with van der Waals surface area (Å²) in [6.07, 6.45) is 3.95. The van der Waals surface area contributed by atoms with Crippen LogP contribution in [-0.2, 0) is 6.54 Å². The van der Waals surface area contributed by atoms with Gasteiger partial charge in [0.1, 0.15) is 0 Å². The third-order valence-corrected chi connectivity index (χ3v) is 4.63. The Bertz CT molecular complexity index is 445. The van der Waals surface area contributed by atoms with E-state index in [1.165, 1.54) is 43.6 Å². The van der Waals surface area contributed by atoms with Crippen LogP contribution in [0.25, 0.3) is 0 Å². The van der Waals surface area contributed by atoms with Crippen molar-refractivity contribution < 1.29 is 0 Å². The van der Waals surface area contributed by atoms with Gasteiger partial charge in [-0.05, 0) is 43.4 Å². The van der Waals surface area contributed by atoms with Gasteiger partial charge in [0, 0.05) is 35.9 Å². The molecule has 0 radical (unpaired) electrons. The van der Waals surface area contributed by atoms with Crippen LogP contribution in [0.1, 0.15) is 45.6 Å². The van der Waals surface area contributed by atoms with E-state index in [0.717, 1.165) is 24.0 Å². The molecule has 1 aliphatic rings. The fourth-order valence-electron chi connectivity index (χ4n) is 3.20. The minimum atomic E-state index is 0.664. The van der Waals surface area contributed by atoms with Gasteiger partial charge >= 0.3 is 0 Å². The summed E-state index contributed by atoms with van der Waals surface area (Å²) >= 11 is 6.45. The molecule has 3 heteroatoms. The molecule has 0 spiro atoms. The molecule has 1 fully saturated rings. The van der Waals surface area contributed by atoms with Gasteiger partial charge in [-0.15, -0.1) is 0 Å². The molecule has 0 bridgehead atoms. The molecular weight excluding hydrogens is 280 g/mol. The maximum absolute atomic E-state index is 6.45. The number of nitrogens with one attached hydrogen (secondary N) is 1. The summed E-state index contributed by atoms with van der Waals surface area (Å²) in [7, 11) is 0. The predicted octanol–water partition coefficient (Wildman–Crippen LogP) is 4.71. The first-order valence-corrected chi connectivity index (χ1v) is 8.72. The van der Waals surface area contributed by atoms with Crippen LogP contribution < -0.4 is 10.2 Å². The first kappa shape index (κ1) is 16.6. The topological polar surface area (TPSA) is 15.3 Å². The standard InChI is InChI=1S/C18H29ClN2/c1-4-6-15-9-10-21(13-15)18-8-5-7-17(19)16(18)12-20-11-14(2)3/h5,7-8,14-15,20H,4,6,9-13H2,1-3H3. The minimum Gasteiger partial charge on any atom is -0.371 e. The lowest BCUT2D eigenvalue weighted by atomic mass is 10.0. The third-order valence-electron chi connectivity index (χ3n) is 4.27. The lowest BCUT2D eigenvalue weighted by Crippen LogP contribution is -2.24. The SMILES string of the molecule is CCCC1CCN(c2cccc(Cl)c2CNCC(C)C)C1. The summed E-state index contributed by atoms with van der Waals surface area (Å²) in [4.78, 5) is 2.53. The zero-order valence-electron chi connectivity index (χ0n) is 13.7. The van der Waals surface area contributed by atoms with E-state index >= 15 is 0 Å². The van der Waals surface area contributed by atoms with Gasteiger partial charge in [0.25, 0.3) is 0 Å². The molecule has 1 aliphatic heterocycles. The zero-order chi connectivity index (χ0) is 15.2. The van der Waals surface area contributed by atoms with Crippen molar-refractivity contribution in [2.45, 2.75) is 46.6 Å². The van der Waals surface area contributed by atoms with Gasteiger partial charge in [-0.2, -0.15) is 0 Å². The first-order chi connectivity index (χ1) is 10.1. The molecule has 1 unspecified atom stereocenters. The van der Waals surface area contributed by atoms with E-state index in [1.807, 2.05) is 6.07 Å². The van der Waals surface area contributed by atoms with Crippen molar-refractivity contribution in [1.82, 2.24) is 5.32 Å². The fraction of sp³-hybridized carbons (Fsp3) is 0.667. The Kier molecular flexibility index (Phi) is 6.38. The van der Waals surface area contributed by atoms with Gasteiger partial charge in [-0.25, -0.2) is 0 Å². The van der Waals surface area contributed by atoms with E-state index in [4.69, 9.17) is 11.6 Å². The lowest BCUT2D eigenvalue weighted by Gasteiger charge is -2.23. The highest BCUT2D eigenvalue weighted by atomic mass is 35.5. The van der Waals surface area contributed by atoms with Crippen molar-refractivity contribution in [1.29, 1.82) is 0 Å². The molecule has 1 atom stereocenters. The molecule has 118 valence electrons. The molecule has 1 N–H and O–H groups in total. The van der Waals surface area contributed by atoms with Crippen LogP contribution in [0.5, 0.6) is 0 Å². The summed E-state index contributed by atoms with van der Waals surface area (Å²) in [5, 5.41) is 4.42. The van der Waals surface area contributed by atoms with E-state index in [9.17, 15) is 0 Å². The van der Waals surface area contributed by atoms with Crippen LogP contribution in [0.3, 0.4) is 0 Å². The van der Waals surface area contributed by atoms with Crippen LogP contribution in [0.15, 0.2) is 18.2 Å². The monoisotopic (exact) mass is 308 g/mol. The molecule has 0 aromatic heterocycles. The fourth-order valence-corrected chi connectivity index (χ4v) is 3.44. The van der Waals surface area contributed by atoms with Crippen molar-refractivity contribution in [3.8, 4) is 0 Å². The second kappa shape index (κ2) is 8.05. The molecule has 1 heterocycles. The van der Waals surface area contributed by atoms with Crippen LogP contribution in [0.2, 0.25) is 5.02 Å². The van der Waals surface area contributed by atoms with Gasteiger partial charge in [0.15, 0.2) is 0 Å². The third kappa shape index (κ3) is 4.62. The predicted molar refractivity (Wildman–Crippen MR) is 93.2 cm³/mol. The maximum Gasteiger partial charge on any atom is 0.0471 e. The summed E-state index contributed by atoms with van der Waals surface area (Å²) in [6.45, 7) is 11.0. The van der Waals surface area contributed by atoms with E-state index in [-0.39, 0.29) is 0 Å². The van der Waals surface area contributed by atoms with Crippen molar-refractivity contribution in [2.24, 2.45) is 11.8 Å². The van der Waals surface area contributed by atoms with Gasteiger partial charge in [0.2, 0.25) is 0 Å². The van der Waals surface area contributed by atoms with E-state index < -0.39 is 0 Å². The average molecular weight is 309 g/mol. The molecular formula is C18H29ClN2. The summed E-state index contributed by atoms with van der Waals surface area (Å²) < 4.78 is 0. The maximum atomic E-state index is 6.45. The zero-order valence-corrected chi connectivity index (χ0v) is 14.4. The molecule has 2 rings (SSSR count). The van der Waals surface area contributed by atoms with E-state index in [1.54, 1.807) is 0 Å². The minimum absolute atomic E-state index is 0.664. The lowest BCUT2D eigenvalue weighted by molar-refractivity contribution is 0.529. The van der Waals surface area contributed by atoms with Crippen molar-refractivity contribution >= 4 is 17.3 Å². The Morgan fingerprint density at radius 3 is 2.90 bits per heavy atom. The second-order valence-electron chi connectivity index (χ2n) is 6.65. The molecule has 1 aromatic carbocycles. The van der Waals surface area contributed by atoms with Gasteiger partial charge in [0.05, 0.1) is 0 Å². The number of halogens is 1. The average Bonchev–Trinajstić information content (AvgIpc) is 2.89. The summed E-state index contributed by atoms with van der Waals surface area (Å²) in [5.41, 5.74) is 2.59. The molecule has 0 saturated carbocycles. The van der Waals surface area contributed by atoms with Crippen LogP contribution >= 0.6 is 11.6 Å². The molecule has 0 amide bonds. The summed E-state index contributed by atoms with van der Waals surface area (Å²) in [6, 6.07) is 6.32. The quantitative estimate of drug-likeness (QED) is 0.784. The highest BCUT2D eigenvalue weighted by Crippen LogP contribution is 2.32. The van der Waals surface area contributed by atoms with Gasteiger partial charge in [-0.3, -0.25) is 0 Å². The number of rotatable bonds is 7. The van der Waals surface area contributed by atoms with Crippen molar-refractivity contribution in [2.75, 3.05) is 24.5 Å². The summed E-state index contributed by atoms with van der Waals surface area (Å²) in [5.74, 6) is 1.52. The van der Waals surface area contributed by atoms with Crippen LogP contribution in [0, 0.1) is 11.8 Å². The van der Waals surface area contributed by atoms with Crippen LogP contribution in [0.4, 0.5) is 5.69 Å². The van der Waals surface area contributed by atoms with Gasteiger partial charge < -0.3 is 10.2 Å². The Hall–Kier alpha value is -0.730. The first-order valence-electron chi connectivity index (χ1n) is 8.34. The Morgan fingerprint density at radius 1 is 1.38 bits per heavy atom. The van der Waals surface area contributed by atoms with E-state index in [2.05, 4.69) is 43.1 Å². The largest absolute Gasteiger partial charge is 0.371 e. The van der Waals surface area contributed by atoms with Gasteiger partial charge in [-0.1, -0.05) is 44.9 Å². The smallest absolute Gasteiger partial charge is 0.0471 e. The number of hydrogen-bond donors (Lipinski definition) is 1. The highest BCUT2D eigenvalue weighted by Gasteiger charge is 2.24. The normalized spacial score (nSPS) is 18.7.